The fourth-order valence-corrected chi connectivity index (χ4v) is 2.75. The zero-order valence-electron chi connectivity index (χ0n) is 10.2. The Labute approximate surface area is 106 Å². The third-order valence-electron chi connectivity index (χ3n) is 3.65. The molecule has 94 valence electrons. The van der Waals surface area contributed by atoms with E-state index in [1.54, 1.807) is 10.9 Å². The third-order valence-corrected chi connectivity index (χ3v) is 4.05. The van der Waals surface area contributed by atoms with Gasteiger partial charge in [0.15, 0.2) is 0 Å². The number of hydrogen-bond donors (Lipinski definition) is 1. The number of alkyl halides is 1. The highest BCUT2D eigenvalue weighted by Crippen LogP contribution is 2.26. The maximum atomic E-state index is 12.1. The Balaban J connectivity index is 2.04. The van der Waals surface area contributed by atoms with Gasteiger partial charge >= 0.3 is 0 Å². The van der Waals surface area contributed by atoms with Gasteiger partial charge in [-0.2, -0.15) is 5.10 Å². The summed E-state index contributed by atoms with van der Waals surface area (Å²) in [5.74, 6) is 1.01. The van der Waals surface area contributed by atoms with Gasteiger partial charge in [0, 0.05) is 24.7 Å². The van der Waals surface area contributed by atoms with Gasteiger partial charge in [-0.3, -0.25) is 9.48 Å². The molecule has 1 aliphatic rings. The minimum Gasteiger partial charge on any atom is -0.349 e. The first-order chi connectivity index (χ1) is 8.13. The molecule has 1 aliphatic carbocycles. The molecule has 1 amide bonds. The van der Waals surface area contributed by atoms with Gasteiger partial charge in [0.2, 0.25) is 0 Å². The van der Waals surface area contributed by atoms with Crippen LogP contribution in [0.5, 0.6) is 0 Å². The summed E-state index contributed by atoms with van der Waals surface area (Å²) >= 11 is 5.90. The van der Waals surface area contributed by atoms with Crippen molar-refractivity contribution in [3.05, 3.63) is 17.5 Å². The minimum atomic E-state index is -0.0300. The summed E-state index contributed by atoms with van der Waals surface area (Å²) in [7, 11) is 1.84. The van der Waals surface area contributed by atoms with E-state index in [0.29, 0.717) is 17.4 Å². The molecule has 0 radical (unpaired) electrons. The molecule has 2 atom stereocenters. The van der Waals surface area contributed by atoms with Crippen molar-refractivity contribution >= 4 is 17.5 Å². The molecule has 0 aromatic carbocycles. The lowest BCUT2D eigenvalue weighted by molar-refractivity contribution is 0.0929. The van der Waals surface area contributed by atoms with E-state index >= 15 is 0 Å². The monoisotopic (exact) mass is 255 g/mol. The predicted molar refractivity (Wildman–Crippen MR) is 67.3 cm³/mol. The van der Waals surface area contributed by atoms with Crippen LogP contribution in [0.4, 0.5) is 0 Å². The summed E-state index contributed by atoms with van der Waals surface area (Å²) in [6.07, 6.45) is 4.91. The van der Waals surface area contributed by atoms with Gasteiger partial charge in [0.05, 0.1) is 11.8 Å². The molecule has 17 heavy (non-hydrogen) atoms. The molecule has 1 heterocycles. The zero-order chi connectivity index (χ0) is 12.4. The molecule has 1 saturated carbocycles. The number of rotatable bonds is 3. The Hall–Kier alpha value is -1.03. The lowest BCUT2D eigenvalue weighted by Gasteiger charge is -2.18. The molecule has 1 aromatic heterocycles. The van der Waals surface area contributed by atoms with Gasteiger partial charge in [-0.25, -0.2) is 0 Å². The SMILES string of the molecule is Cc1c(C(=O)NC2CCCC2CCl)cnn1C. The number of halogens is 1. The number of nitrogens with one attached hydrogen (secondary N) is 1. The normalized spacial score (nSPS) is 23.9. The van der Waals surface area contributed by atoms with Crippen molar-refractivity contribution < 1.29 is 4.79 Å². The van der Waals surface area contributed by atoms with Crippen LogP contribution >= 0.6 is 11.6 Å². The van der Waals surface area contributed by atoms with E-state index in [1.807, 2.05) is 14.0 Å². The molecule has 2 rings (SSSR count). The minimum absolute atomic E-state index is 0.0300. The van der Waals surface area contributed by atoms with E-state index in [0.717, 1.165) is 25.0 Å². The summed E-state index contributed by atoms with van der Waals surface area (Å²) in [4.78, 5) is 12.1. The maximum absolute atomic E-state index is 12.1. The number of aryl methyl sites for hydroxylation is 1. The van der Waals surface area contributed by atoms with E-state index in [4.69, 9.17) is 11.6 Å². The van der Waals surface area contributed by atoms with Crippen LogP contribution in [0.3, 0.4) is 0 Å². The van der Waals surface area contributed by atoms with Gasteiger partial charge in [-0.05, 0) is 25.7 Å². The van der Waals surface area contributed by atoms with E-state index in [-0.39, 0.29) is 11.9 Å². The third kappa shape index (κ3) is 2.46. The smallest absolute Gasteiger partial charge is 0.254 e. The summed E-state index contributed by atoms with van der Waals surface area (Å²) in [6, 6.07) is 0.222. The highest BCUT2D eigenvalue weighted by Gasteiger charge is 2.28. The highest BCUT2D eigenvalue weighted by molar-refractivity contribution is 6.18. The number of nitrogens with zero attached hydrogens (tertiary/aromatic N) is 2. The molecule has 0 aliphatic heterocycles. The highest BCUT2D eigenvalue weighted by atomic mass is 35.5. The molecule has 0 saturated heterocycles. The zero-order valence-corrected chi connectivity index (χ0v) is 11.0. The first-order valence-electron chi connectivity index (χ1n) is 5.99. The van der Waals surface area contributed by atoms with Gasteiger partial charge in [0.1, 0.15) is 0 Å². The van der Waals surface area contributed by atoms with Gasteiger partial charge in [0.25, 0.3) is 5.91 Å². The van der Waals surface area contributed by atoms with Crippen molar-refractivity contribution in [1.29, 1.82) is 0 Å². The van der Waals surface area contributed by atoms with Crippen LogP contribution in [0.2, 0.25) is 0 Å². The van der Waals surface area contributed by atoms with Crippen LogP contribution in [0, 0.1) is 12.8 Å². The summed E-state index contributed by atoms with van der Waals surface area (Å²) in [5.41, 5.74) is 1.55. The first kappa shape index (κ1) is 12.4. The second-order valence-corrected chi connectivity index (χ2v) is 5.00. The van der Waals surface area contributed by atoms with Crippen LogP contribution in [-0.4, -0.2) is 27.6 Å². The van der Waals surface area contributed by atoms with Gasteiger partial charge < -0.3 is 5.32 Å². The van der Waals surface area contributed by atoms with Crippen LogP contribution in [0.1, 0.15) is 35.3 Å². The number of carbonyl (C=O) groups is 1. The molecule has 0 bridgehead atoms. The first-order valence-corrected chi connectivity index (χ1v) is 6.52. The van der Waals surface area contributed by atoms with Crippen molar-refractivity contribution in [3.63, 3.8) is 0 Å². The van der Waals surface area contributed by atoms with E-state index in [1.165, 1.54) is 0 Å². The Morgan fingerprint density at radius 1 is 1.65 bits per heavy atom. The van der Waals surface area contributed by atoms with Crippen molar-refractivity contribution in [1.82, 2.24) is 15.1 Å². The van der Waals surface area contributed by atoms with Crippen molar-refractivity contribution in [3.8, 4) is 0 Å². The average Bonchev–Trinajstić information content (AvgIpc) is 2.87. The maximum Gasteiger partial charge on any atom is 0.254 e. The molecule has 1 fully saturated rings. The quantitative estimate of drug-likeness (QED) is 0.839. The Morgan fingerprint density at radius 2 is 2.41 bits per heavy atom. The molecule has 5 heteroatoms. The van der Waals surface area contributed by atoms with Gasteiger partial charge in [-0.15, -0.1) is 11.6 Å². The largest absolute Gasteiger partial charge is 0.349 e. The average molecular weight is 256 g/mol. The Morgan fingerprint density at radius 3 is 3.00 bits per heavy atom. The molecule has 1 N–H and O–H groups in total. The Kier molecular flexibility index (Phi) is 3.72. The van der Waals surface area contributed by atoms with Crippen LogP contribution in [0.25, 0.3) is 0 Å². The van der Waals surface area contributed by atoms with E-state index in [2.05, 4.69) is 10.4 Å². The number of amides is 1. The second kappa shape index (κ2) is 5.08. The molecule has 0 spiro atoms. The van der Waals surface area contributed by atoms with Crippen LogP contribution < -0.4 is 5.32 Å². The standard InChI is InChI=1S/C12H18ClN3O/c1-8-10(7-14-16(8)2)12(17)15-11-5-3-4-9(11)6-13/h7,9,11H,3-6H2,1-2H3,(H,15,17). The van der Waals surface area contributed by atoms with Crippen molar-refractivity contribution in [2.75, 3.05) is 5.88 Å². The number of aromatic nitrogens is 2. The van der Waals surface area contributed by atoms with E-state index in [9.17, 15) is 4.79 Å². The van der Waals surface area contributed by atoms with Crippen molar-refractivity contribution in [2.45, 2.75) is 32.2 Å². The summed E-state index contributed by atoms with van der Waals surface area (Å²) in [5, 5.41) is 7.15. The lowest BCUT2D eigenvalue weighted by Crippen LogP contribution is -2.38. The lowest BCUT2D eigenvalue weighted by atomic mass is 10.1. The van der Waals surface area contributed by atoms with E-state index < -0.39 is 0 Å². The number of carbonyl (C=O) groups excluding carboxylic acids is 1. The summed E-state index contributed by atoms with van der Waals surface area (Å²) in [6.45, 7) is 1.90. The second-order valence-electron chi connectivity index (χ2n) is 4.69. The molecule has 1 aromatic rings. The molecular formula is C12H18ClN3O. The topological polar surface area (TPSA) is 46.9 Å². The summed E-state index contributed by atoms with van der Waals surface area (Å²) < 4.78 is 1.71. The fourth-order valence-electron chi connectivity index (χ4n) is 2.38. The van der Waals surface area contributed by atoms with Crippen LogP contribution in [-0.2, 0) is 7.05 Å². The molecule has 2 unspecified atom stereocenters. The van der Waals surface area contributed by atoms with Crippen molar-refractivity contribution in [2.24, 2.45) is 13.0 Å². The van der Waals surface area contributed by atoms with Gasteiger partial charge in [-0.1, -0.05) is 6.42 Å². The number of hydrogen-bond acceptors (Lipinski definition) is 2. The Bertz CT molecular complexity index is 416. The molecule has 4 nitrogen and oxygen atoms in total. The predicted octanol–water partition coefficient (Wildman–Crippen LogP) is 1.87. The molecular weight excluding hydrogens is 238 g/mol. The fraction of sp³-hybridized carbons (Fsp3) is 0.667. The van der Waals surface area contributed by atoms with Crippen LogP contribution in [0.15, 0.2) is 6.20 Å².